The van der Waals surface area contributed by atoms with Crippen LogP contribution in [0.15, 0.2) is 24.3 Å². The summed E-state index contributed by atoms with van der Waals surface area (Å²) in [5.74, 6) is -2.31. The molecule has 0 saturated carbocycles. The van der Waals surface area contributed by atoms with E-state index in [0.29, 0.717) is 5.75 Å². The van der Waals surface area contributed by atoms with Crippen molar-refractivity contribution in [3.8, 4) is 5.75 Å². The summed E-state index contributed by atoms with van der Waals surface area (Å²) >= 11 is 0. The van der Waals surface area contributed by atoms with Gasteiger partial charge in [0, 0.05) is 18.4 Å². The normalized spacial score (nSPS) is 19.7. The molecule has 1 aliphatic heterocycles. The van der Waals surface area contributed by atoms with Gasteiger partial charge >= 0.3 is 11.9 Å². The fourth-order valence-corrected chi connectivity index (χ4v) is 3.96. The summed E-state index contributed by atoms with van der Waals surface area (Å²) in [5, 5.41) is 10.9. The zero-order valence-corrected chi connectivity index (χ0v) is 20.3. The van der Waals surface area contributed by atoms with Gasteiger partial charge in [-0.3, -0.25) is 14.4 Å². The third kappa shape index (κ3) is 8.99. The van der Waals surface area contributed by atoms with Crippen molar-refractivity contribution >= 4 is 17.8 Å². The number of nitrogens with one attached hydrogen (secondary N) is 1. The fraction of sp³-hybridized carbons (Fsp3) is 0.640. The SMILES string of the molecule is CCC.CCC1(c2cccc(OC(=O)C(C)CC(=O)NCC(=O)O)c2)CCCCN(C)C1. The first-order valence-electron chi connectivity index (χ1n) is 11.7. The summed E-state index contributed by atoms with van der Waals surface area (Å²) in [4.78, 5) is 37.0. The lowest BCUT2D eigenvalue weighted by molar-refractivity contribution is -0.141. The van der Waals surface area contributed by atoms with E-state index in [1.54, 1.807) is 13.0 Å². The molecule has 1 aliphatic rings. The fourth-order valence-electron chi connectivity index (χ4n) is 3.96. The van der Waals surface area contributed by atoms with Crippen LogP contribution >= 0.6 is 0 Å². The number of benzene rings is 1. The molecule has 1 saturated heterocycles. The maximum Gasteiger partial charge on any atom is 0.322 e. The highest BCUT2D eigenvalue weighted by Crippen LogP contribution is 2.37. The first-order valence-corrected chi connectivity index (χ1v) is 11.7. The van der Waals surface area contributed by atoms with E-state index >= 15 is 0 Å². The standard InChI is InChI=1S/C22H32N2O5.C3H8/c1-4-22(10-5-6-11-24(3)15-22)17-8-7-9-18(13-17)29-21(28)16(2)12-19(25)23-14-20(26)27;1-3-2/h7-9,13,16H,4-6,10-12,14-15H2,1-3H3,(H,23,25)(H,26,27);3H2,1-2H3. The molecule has 7 nitrogen and oxygen atoms in total. The van der Waals surface area contributed by atoms with E-state index in [-0.39, 0.29) is 11.8 Å². The monoisotopic (exact) mass is 448 g/mol. The predicted molar refractivity (Wildman–Crippen MR) is 126 cm³/mol. The Bertz CT molecular complexity index is 752. The van der Waals surface area contributed by atoms with Gasteiger partial charge in [0.05, 0.1) is 5.92 Å². The quantitative estimate of drug-likeness (QED) is 0.461. The van der Waals surface area contributed by atoms with Crippen LogP contribution in [-0.4, -0.2) is 54.5 Å². The predicted octanol–water partition coefficient (Wildman–Crippen LogP) is 4.00. The molecule has 0 radical (unpaired) electrons. The van der Waals surface area contributed by atoms with Gasteiger partial charge in [-0.2, -0.15) is 0 Å². The summed E-state index contributed by atoms with van der Waals surface area (Å²) in [7, 11) is 2.15. The zero-order valence-electron chi connectivity index (χ0n) is 20.3. The topological polar surface area (TPSA) is 95.9 Å². The van der Waals surface area contributed by atoms with Gasteiger partial charge in [-0.05, 0) is 50.6 Å². The van der Waals surface area contributed by atoms with Crippen LogP contribution in [0.1, 0.15) is 71.8 Å². The molecule has 2 rings (SSSR count). The summed E-state index contributed by atoms with van der Waals surface area (Å²) < 4.78 is 5.53. The van der Waals surface area contributed by atoms with Gasteiger partial charge in [0.2, 0.25) is 5.91 Å². The number of likely N-dealkylation sites (N-methyl/N-ethyl adjacent to an activating group) is 1. The summed E-state index contributed by atoms with van der Waals surface area (Å²) in [6.45, 7) is 9.66. The van der Waals surface area contributed by atoms with Gasteiger partial charge in [0.15, 0.2) is 0 Å². The summed E-state index contributed by atoms with van der Waals surface area (Å²) in [6.07, 6.45) is 5.61. The number of ether oxygens (including phenoxy) is 1. The molecule has 2 N–H and O–H groups in total. The molecular formula is C25H40N2O5. The molecule has 0 aliphatic carbocycles. The van der Waals surface area contributed by atoms with Gasteiger partial charge in [0.25, 0.3) is 0 Å². The average Bonchev–Trinajstić information content (AvgIpc) is 2.95. The van der Waals surface area contributed by atoms with E-state index in [1.807, 2.05) is 12.1 Å². The van der Waals surface area contributed by atoms with Gasteiger partial charge in [-0.15, -0.1) is 0 Å². The van der Waals surface area contributed by atoms with Crippen LogP contribution in [0, 0.1) is 5.92 Å². The lowest BCUT2D eigenvalue weighted by Gasteiger charge is -2.35. The van der Waals surface area contributed by atoms with E-state index in [4.69, 9.17) is 9.84 Å². The second-order valence-corrected chi connectivity index (χ2v) is 8.76. The second-order valence-electron chi connectivity index (χ2n) is 8.76. The van der Waals surface area contributed by atoms with Gasteiger partial charge < -0.3 is 20.1 Å². The van der Waals surface area contributed by atoms with E-state index in [1.165, 1.54) is 24.8 Å². The van der Waals surface area contributed by atoms with Crippen molar-refractivity contribution in [2.75, 3.05) is 26.7 Å². The Balaban J connectivity index is 0.00000161. The smallest absolute Gasteiger partial charge is 0.322 e. The molecule has 32 heavy (non-hydrogen) atoms. The molecule has 1 fully saturated rings. The van der Waals surface area contributed by atoms with Crippen molar-refractivity contribution in [1.82, 2.24) is 10.2 Å². The maximum absolute atomic E-state index is 12.4. The Hall–Kier alpha value is -2.41. The number of amides is 1. The van der Waals surface area contributed by atoms with Gasteiger partial charge in [-0.1, -0.05) is 52.7 Å². The second kappa shape index (κ2) is 13.9. The van der Waals surface area contributed by atoms with Crippen LogP contribution in [0.2, 0.25) is 0 Å². The first-order chi connectivity index (χ1) is 15.2. The number of carboxylic acids is 1. The zero-order chi connectivity index (χ0) is 24.1. The minimum atomic E-state index is -1.13. The van der Waals surface area contributed by atoms with E-state index in [9.17, 15) is 14.4 Å². The molecule has 7 heteroatoms. The van der Waals surface area contributed by atoms with Crippen LogP contribution in [0.25, 0.3) is 0 Å². The molecule has 0 spiro atoms. The number of rotatable bonds is 8. The number of aliphatic carboxylic acids is 1. The Morgan fingerprint density at radius 2 is 1.91 bits per heavy atom. The Labute approximate surface area is 192 Å². The average molecular weight is 449 g/mol. The Morgan fingerprint density at radius 3 is 2.53 bits per heavy atom. The molecule has 2 atom stereocenters. The number of carboxylic acid groups (broad SMARTS) is 1. The maximum atomic E-state index is 12.4. The molecule has 0 bridgehead atoms. The molecule has 1 aromatic rings. The highest BCUT2D eigenvalue weighted by Gasteiger charge is 2.33. The Morgan fingerprint density at radius 1 is 1.22 bits per heavy atom. The highest BCUT2D eigenvalue weighted by atomic mass is 16.5. The van der Waals surface area contributed by atoms with Crippen molar-refractivity contribution in [2.24, 2.45) is 5.92 Å². The summed E-state index contributed by atoms with van der Waals surface area (Å²) in [5.41, 5.74) is 1.21. The number of hydrogen-bond acceptors (Lipinski definition) is 5. The highest BCUT2D eigenvalue weighted by molar-refractivity contribution is 5.85. The van der Waals surface area contributed by atoms with Crippen molar-refractivity contribution in [3.63, 3.8) is 0 Å². The number of carbonyl (C=O) groups excluding carboxylic acids is 2. The molecule has 1 aromatic carbocycles. The van der Waals surface area contributed by atoms with Crippen LogP contribution < -0.4 is 10.1 Å². The lowest BCUT2D eigenvalue weighted by atomic mass is 9.74. The van der Waals surface area contributed by atoms with Gasteiger partial charge in [0.1, 0.15) is 12.3 Å². The molecular weight excluding hydrogens is 408 g/mol. The van der Waals surface area contributed by atoms with E-state index < -0.39 is 30.3 Å². The number of hydrogen-bond donors (Lipinski definition) is 2. The minimum Gasteiger partial charge on any atom is -0.480 e. The summed E-state index contributed by atoms with van der Waals surface area (Å²) in [6, 6.07) is 7.70. The van der Waals surface area contributed by atoms with E-state index in [2.05, 4.69) is 44.1 Å². The van der Waals surface area contributed by atoms with Crippen LogP contribution in [0.4, 0.5) is 0 Å². The first kappa shape index (κ1) is 27.6. The van der Waals surface area contributed by atoms with Crippen molar-refractivity contribution in [2.45, 2.75) is 71.6 Å². The Kier molecular flexibility index (Phi) is 12.0. The number of esters is 1. The molecule has 2 unspecified atom stereocenters. The lowest BCUT2D eigenvalue weighted by Crippen LogP contribution is -2.37. The number of likely N-dealkylation sites (tertiary alicyclic amines) is 1. The number of nitrogens with zero attached hydrogens (tertiary/aromatic N) is 1. The van der Waals surface area contributed by atoms with Crippen LogP contribution in [0.5, 0.6) is 5.75 Å². The van der Waals surface area contributed by atoms with Crippen molar-refractivity contribution in [3.05, 3.63) is 29.8 Å². The number of carbonyl (C=O) groups is 3. The van der Waals surface area contributed by atoms with Crippen molar-refractivity contribution < 1.29 is 24.2 Å². The third-order valence-corrected chi connectivity index (χ3v) is 5.69. The van der Waals surface area contributed by atoms with E-state index in [0.717, 1.165) is 25.9 Å². The molecule has 1 amide bonds. The largest absolute Gasteiger partial charge is 0.480 e. The minimum absolute atomic E-state index is 0.0377. The third-order valence-electron chi connectivity index (χ3n) is 5.69. The molecule has 0 aromatic heterocycles. The van der Waals surface area contributed by atoms with Crippen LogP contribution in [0.3, 0.4) is 0 Å². The van der Waals surface area contributed by atoms with Crippen LogP contribution in [-0.2, 0) is 19.8 Å². The van der Waals surface area contributed by atoms with Gasteiger partial charge in [-0.25, -0.2) is 0 Å². The molecule has 180 valence electrons. The molecule has 1 heterocycles. The van der Waals surface area contributed by atoms with Crippen molar-refractivity contribution in [1.29, 1.82) is 0 Å².